The van der Waals surface area contributed by atoms with Crippen molar-refractivity contribution in [1.29, 1.82) is 0 Å². The van der Waals surface area contributed by atoms with Gasteiger partial charge in [-0.15, -0.1) is 0 Å². The van der Waals surface area contributed by atoms with Gasteiger partial charge < -0.3 is 10.4 Å². The van der Waals surface area contributed by atoms with Crippen molar-refractivity contribution in [2.75, 3.05) is 16.2 Å². The lowest BCUT2D eigenvalue weighted by atomic mass is 9.94. The van der Waals surface area contributed by atoms with Crippen LogP contribution in [-0.4, -0.2) is 36.9 Å². The lowest BCUT2D eigenvalue weighted by Crippen LogP contribution is -2.41. The number of aromatic nitrogens is 1. The summed E-state index contributed by atoms with van der Waals surface area (Å²) >= 11 is 12.0. The fraction of sp³-hybridized carbons (Fsp3) is 0.174. The zero-order chi connectivity index (χ0) is 25.3. The molecular formula is C23H18Cl2FN3O5S. The molecule has 0 saturated heterocycles. The molecule has 1 aliphatic heterocycles. The van der Waals surface area contributed by atoms with Crippen LogP contribution in [0.4, 0.5) is 15.8 Å². The van der Waals surface area contributed by atoms with Gasteiger partial charge in [-0.3, -0.25) is 18.9 Å². The number of halogens is 3. The predicted molar refractivity (Wildman–Crippen MR) is 129 cm³/mol. The van der Waals surface area contributed by atoms with Crippen LogP contribution in [0, 0.1) is 11.7 Å². The van der Waals surface area contributed by atoms with Gasteiger partial charge in [-0.25, -0.2) is 12.8 Å². The number of hydrogen-bond donors (Lipinski definition) is 2. The number of fused-ring (bicyclic) bond motifs is 1. The number of carbonyl (C=O) groups is 2. The molecule has 0 saturated carbocycles. The number of aliphatic carboxylic acids is 1. The van der Waals surface area contributed by atoms with E-state index in [1.165, 1.54) is 48.7 Å². The Kier molecular flexibility index (Phi) is 6.98. The molecule has 0 fully saturated rings. The third-order valence-corrected chi connectivity index (χ3v) is 7.74. The molecule has 1 aliphatic rings. The predicted octanol–water partition coefficient (Wildman–Crippen LogP) is 4.62. The Bertz CT molecular complexity index is 1410. The first-order valence-corrected chi connectivity index (χ1v) is 12.5. The van der Waals surface area contributed by atoms with E-state index in [4.69, 9.17) is 23.2 Å². The summed E-state index contributed by atoms with van der Waals surface area (Å²) in [6, 6.07) is 10.9. The second-order valence-corrected chi connectivity index (χ2v) is 10.6. The fourth-order valence-corrected chi connectivity index (χ4v) is 5.98. The lowest BCUT2D eigenvalue weighted by Gasteiger charge is -2.34. The van der Waals surface area contributed by atoms with Crippen LogP contribution in [-0.2, 0) is 21.2 Å². The van der Waals surface area contributed by atoms with Crippen molar-refractivity contribution < 1.29 is 27.5 Å². The van der Waals surface area contributed by atoms with Gasteiger partial charge in [0.2, 0.25) is 0 Å². The Morgan fingerprint density at radius 3 is 2.60 bits per heavy atom. The maximum atomic E-state index is 14.2. The molecule has 1 aromatic heterocycles. The number of hydrogen-bond acceptors (Lipinski definition) is 5. The molecule has 0 aliphatic carbocycles. The minimum Gasteiger partial charge on any atom is -0.481 e. The summed E-state index contributed by atoms with van der Waals surface area (Å²) in [6.45, 7) is -0.119. The smallest absolute Gasteiger partial charge is 0.303 e. The fourth-order valence-electron chi connectivity index (χ4n) is 3.87. The van der Waals surface area contributed by atoms with Gasteiger partial charge in [0.15, 0.2) is 0 Å². The highest BCUT2D eigenvalue weighted by Crippen LogP contribution is 2.36. The van der Waals surface area contributed by atoms with E-state index in [0.29, 0.717) is 5.69 Å². The summed E-state index contributed by atoms with van der Waals surface area (Å²) in [5.41, 5.74) is 0.256. The molecule has 4 rings (SSSR count). The van der Waals surface area contributed by atoms with Gasteiger partial charge in [-0.05, 0) is 48.7 Å². The van der Waals surface area contributed by atoms with Crippen LogP contribution in [0.2, 0.25) is 10.0 Å². The number of pyridine rings is 1. The average Bonchev–Trinajstić information content (AvgIpc) is 2.78. The van der Waals surface area contributed by atoms with Gasteiger partial charge in [0.25, 0.3) is 15.9 Å². The van der Waals surface area contributed by atoms with E-state index >= 15 is 0 Å². The molecule has 182 valence electrons. The molecule has 1 atom stereocenters. The Labute approximate surface area is 210 Å². The first-order chi connectivity index (χ1) is 16.6. The highest BCUT2D eigenvalue weighted by Gasteiger charge is 2.35. The standard InChI is InChI=1S/C23H18Cl2FN3O5S/c24-14-3-1-4-16(9-14)35(33,34)29-12-13(8-21(30)31)7-19-20(29)10-15(11-27-19)28-23(32)22-17(25)5-2-6-18(22)26/h1-6,9-11,13H,7-8,12H2,(H,28,32)(H,30,31)/t13-/m0/s1. The van der Waals surface area contributed by atoms with E-state index in [1.54, 1.807) is 0 Å². The maximum Gasteiger partial charge on any atom is 0.303 e. The molecule has 2 N–H and O–H groups in total. The Morgan fingerprint density at radius 1 is 1.17 bits per heavy atom. The zero-order valence-corrected chi connectivity index (χ0v) is 20.2. The molecule has 3 aromatic rings. The number of nitrogens with zero attached hydrogens (tertiary/aromatic N) is 2. The lowest BCUT2D eigenvalue weighted by molar-refractivity contribution is -0.138. The van der Waals surface area contributed by atoms with Gasteiger partial charge in [0, 0.05) is 11.6 Å². The quantitative estimate of drug-likeness (QED) is 0.473. The number of carbonyl (C=O) groups excluding carboxylic acids is 1. The number of carboxylic acids is 1. The Hall–Kier alpha value is -3.21. The van der Waals surface area contributed by atoms with Gasteiger partial charge >= 0.3 is 5.97 Å². The highest BCUT2D eigenvalue weighted by molar-refractivity contribution is 7.92. The molecule has 12 heteroatoms. The third-order valence-electron chi connectivity index (χ3n) is 5.42. The van der Waals surface area contributed by atoms with Crippen molar-refractivity contribution in [3.05, 3.63) is 81.8 Å². The monoisotopic (exact) mass is 537 g/mol. The number of carboxylic acid groups (broad SMARTS) is 1. The molecule has 0 radical (unpaired) electrons. The van der Waals surface area contributed by atoms with E-state index in [-0.39, 0.29) is 51.3 Å². The highest BCUT2D eigenvalue weighted by atomic mass is 35.5. The molecule has 0 unspecified atom stereocenters. The SMILES string of the molecule is O=C(O)C[C@@H]1Cc2ncc(NC(=O)c3c(F)cccc3Cl)cc2N(S(=O)(=O)c2cccc(Cl)c2)C1. The number of nitrogens with one attached hydrogen (secondary N) is 1. The van der Waals surface area contributed by atoms with E-state index in [2.05, 4.69) is 10.3 Å². The van der Waals surface area contributed by atoms with Gasteiger partial charge in [0.05, 0.1) is 45.2 Å². The Morgan fingerprint density at radius 2 is 1.91 bits per heavy atom. The zero-order valence-electron chi connectivity index (χ0n) is 17.9. The molecule has 0 bridgehead atoms. The molecule has 2 heterocycles. The average molecular weight is 538 g/mol. The maximum absolute atomic E-state index is 14.2. The summed E-state index contributed by atoms with van der Waals surface area (Å²) in [4.78, 5) is 28.2. The number of amides is 1. The van der Waals surface area contributed by atoms with Gasteiger partial charge in [-0.1, -0.05) is 35.3 Å². The largest absolute Gasteiger partial charge is 0.481 e. The third kappa shape index (κ3) is 5.24. The van der Waals surface area contributed by atoms with Crippen LogP contribution in [0.3, 0.4) is 0 Å². The van der Waals surface area contributed by atoms with Crippen LogP contribution in [0.15, 0.2) is 59.6 Å². The van der Waals surface area contributed by atoms with Crippen LogP contribution in [0.25, 0.3) is 0 Å². The van der Waals surface area contributed by atoms with E-state index in [9.17, 15) is 27.5 Å². The second-order valence-electron chi connectivity index (χ2n) is 7.90. The van der Waals surface area contributed by atoms with Crippen LogP contribution < -0.4 is 9.62 Å². The number of anilines is 2. The molecule has 8 nitrogen and oxygen atoms in total. The van der Waals surface area contributed by atoms with Crippen molar-refractivity contribution in [3.63, 3.8) is 0 Å². The van der Waals surface area contributed by atoms with Crippen molar-refractivity contribution in [3.8, 4) is 0 Å². The van der Waals surface area contributed by atoms with E-state index in [1.807, 2.05) is 0 Å². The number of rotatable bonds is 6. The summed E-state index contributed by atoms with van der Waals surface area (Å²) in [7, 11) is -4.16. The molecular weight excluding hydrogens is 520 g/mol. The molecule has 1 amide bonds. The first kappa shape index (κ1) is 24.9. The summed E-state index contributed by atoms with van der Waals surface area (Å²) in [5.74, 6) is -3.25. The summed E-state index contributed by atoms with van der Waals surface area (Å²) in [6.07, 6.45) is 1.25. The normalized spacial score (nSPS) is 15.4. The van der Waals surface area contributed by atoms with Gasteiger partial charge in [0.1, 0.15) is 5.82 Å². The second kappa shape index (κ2) is 9.80. The first-order valence-electron chi connectivity index (χ1n) is 10.3. The van der Waals surface area contributed by atoms with Crippen molar-refractivity contribution in [1.82, 2.24) is 4.98 Å². The minimum atomic E-state index is -4.16. The van der Waals surface area contributed by atoms with Crippen LogP contribution in [0.1, 0.15) is 22.5 Å². The van der Waals surface area contributed by atoms with E-state index < -0.39 is 33.6 Å². The van der Waals surface area contributed by atoms with E-state index in [0.717, 1.165) is 10.4 Å². The van der Waals surface area contributed by atoms with Gasteiger partial charge in [-0.2, -0.15) is 0 Å². The van der Waals surface area contributed by atoms with Crippen LogP contribution in [0.5, 0.6) is 0 Å². The van der Waals surface area contributed by atoms with Crippen molar-refractivity contribution in [2.45, 2.75) is 17.7 Å². The number of sulfonamides is 1. The summed E-state index contributed by atoms with van der Waals surface area (Å²) < 4.78 is 42.2. The topological polar surface area (TPSA) is 117 Å². The summed E-state index contributed by atoms with van der Waals surface area (Å²) in [5, 5.41) is 11.9. The number of benzene rings is 2. The van der Waals surface area contributed by atoms with Crippen LogP contribution >= 0.6 is 23.2 Å². The van der Waals surface area contributed by atoms with Crippen molar-refractivity contribution >= 4 is 56.5 Å². The molecule has 35 heavy (non-hydrogen) atoms. The Balaban J connectivity index is 1.74. The molecule has 2 aromatic carbocycles. The molecule has 0 spiro atoms. The minimum absolute atomic E-state index is 0.0838. The van der Waals surface area contributed by atoms with Crippen molar-refractivity contribution in [2.24, 2.45) is 5.92 Å².